The van der Waals surface area contributed by atoms with E-state index in [4.69, 9.17) is 0 Å². The van der Waals surface area contributed by atoms with Crippen LogP contribution < -0.4 is 0 Å². The van der Waals surface area contributed by atoms with E-state index < -0.39 is 0 Å². The molecule has 0 amide bonds. The van der Waals surface area contributed by atoms with Gasteiger partial charge in [-0.1, -0.05) is 0 Å². The van der Waals surface area contributed by atoms with Crippen LogP contribution in [0, 0.1) is 0 Å². The number of hydrogen-bond donors (Lipinski definition) is 0. The Morgan fingerprint density at radius 1 is 1.00 bits per heavy atom. The van der Waals surface area contributed by atoms with Crippen LogP contribution in [-0.4, -0.2) is 21.0 Å². The highest BCUT2D eigenvalue weighted by atomic mass is 16.6. The normalized spacial score (nSPS) is 8.00. The molecule has 0 bridgehead atoms. The van der Waals surface area contributed by atoms with Crippen molar-refractivity contribution >= 4 is 0 Å². The summed E-state index contributed by atoms with van der Waals surface area (Å²) in [7, 11) is 0. The van der Waals surface area contributed by atoms with Crippen molar-refractivity contribution in [2.24, 2.45) is 0 Å². The topological polar surface area (TPSA) is 64.7 Å². The average Bonchev–Trinajstić information content (AvgIpc) is 1.76. The summed E-state index contributed by atoms with van der Waals surface area (Å²) in [5.41, 5.74) is 0. The average molecular weight is 72.0 g/mol. The van der Waals surface area contributed by atoms with Gasteiger partial charge in [-0.15, -0.1) is 0 Å². The fourth-order valence-corrected chi connectivity index (χ4v) is 0.0816. The highest BCUT2D eigenvalue weighted by molar-refractivity contribution is 3.70. The Hall–Kier alpha value is -1.00. The third-order valence-electron chi connectivity index (χ3n) is 0.186. The molecule has 5 heavy (non-hydrogen) atoms. The van der Waals surface area contributed by atoms with Crippen LogP contribution in [0.4, 0.5) is 0 Å². The maximum atomic E-state index is 3.86. The maximum Gasteiger partial charge on any atom is 0.0826 e. The summed E-state index contributed by atoms with van der Waals surface area (Å²) < 4.78 is 3.86. The van der Waals surface area contributed by atoms with Crippen LogP contribution in [0.25, 0.3) is 0 Å². The van der Waals surface area contributed by atoms with E-state index in [9.17, 15) is 0 Å². The van der Waals surface area contributed by atoms with Crippen LogP contribution in [0.3, 0.4) is 0 Å². The van der Waals surface area contributed by atoms with Crippen LogP contribution in [0.5, 0.6) is 0 Å². The molecule has 0 saturated heterocycles. The fraction of sp³-hybridized carbons (Fsp3) is 0. The van der Waals surface area contributed by atoms with Crippen molar-refractivity contribution in [2.75, 3.05) is 0 Å². The van der Waals surface area contributed by atoms with Gasteiger partial charge in [0.05, 0.1) is 10.5 Å². The van der Waals surface area contributed by atoms with E-state index in [1.54, 1.807) is 0 Å². The third-order valence-corrected chi connectivity index (χ3v) is 0.186. The molecule has 0 N–H and O–H groups in total. The van der Waals surface area contributed by atoms with E-state index >= 15 is 0 Å². The Morgan fingerprint density at radius 3 is 1.80 bits per heavy atom. The second-order valence-corrected chi connectivity index (χ2v) is 0.424. The summed E-state index contributed by atoms with van der Waals surface area (Å²) in [4.78, 5) is 0. The summed E-state index contributed by atoms with van der Waals surface area (Å²) >= 11 is 0. The van der Waals surface area contributed by atoms with Crippen LogP contribution in [0.1, 0.15) is 0 Å². The van der Waals surface area contributed by atoms with E-state index in [0.717, 1.165) is 0 Å². The van der Waals surface area contributed by atoms with E-state index in [-0.39, 0.29) is 0 Å². The molecular weight excluding hydrogens is 72.0 g/mol. The first-order valence-electron chi connectivity index (χ1n) is 0.965. The van der Waals surface area contributed by atoms with Gasteiger partial charge in [-0.05, 0) is 0 Å². The van der Waals surface area contributed by atoms with Gasteiger partial charge < -0.3 is 0 Å². The molecule has 1 heterocycles. The second-order valence-electron chi connectivity index (χ2n) is 0.424. The molecule has 0 fully saturated rings. The minimum absolute atomic E-state index is 2.88. The Balaban J connectivity index is 3.13. The van der Waals surface area contributed by atoms with E-state index in [2.05, 4.69) is 25.6 Å². The minimum Gasteiger partial charge on any atom is -0.200 e. The second kappa shape index (κ2) is 0.750. The number of hydrogen-bond acceptors (Lipinski definition) is 5. The highest BCUT2D eigenvalue weighted by Gasteiger charge is 1.64. The molecule has 0 saturated carbocycles. The van der Waals surface area contributed by atoms with Gasteiger partial charge >= 0.3 is 0 Å². The fourth-order valence-electron chi connectivity index (χ4n) is 0.0816. The predicted octanol–water partition coefficient (Wildman–Crippen LogP) is -1.14. The molecule has 1 aromatic heterocycles. The Morgan fingerprint density at radius 2 is 1.60 bits per heavy atom. The predicted molar refractivity (Wildman–Crippen MR) is 9.89 cm³/mol. The van der Waals surface area contributed by atoms with Crippen molar-refractivity contribution in [1.29, 1.82) is 0 Å². The van der Waals surface area contributed by atoms with Gasteiger partial charge in [-0.2, -0.15) is 0 Å². The van der Waals surface area contributed by atoms with Crippen LogP contribution >= 0.6 is 0 Å². The van der Waals surface area contributed by atoms with E-state index in [1.165, 1.54) is 0 Å². The Bertz CT molecular complexity index is 60.1. The van der Waals surface area contributed by atoms with Crippen molar-refractivity contribution in [2.45, 2.75) is 0 Å². The summed E-state index contributed by atoms with van der Waals surface area (Å²) in [5.74, 6) is 0. The molecule has 0 aliphatic rings. The summed E-state index contributed by atoms with van der Waals surface area (Å²) in [6, 6.07) is 0. The standard InChI is InChI=1S/N4O/c1-2-4-5-3-1. The van der Waals surface area contributed by atoms with Crippen LogP contribution in [0.15, 0.2) is 4.63 Å². The molecule has 26 valence electrons. The SMILES string of the molecule is n1nnon1. The molecule has 1 rings (SSSR count). The molecule has 0 atom stereocenters. The molecule has 0 aliphatic carbocycles. The lowest BCUT2D eigenvalue weighted by atomic mass is 12.7. The molecular formula is N4O. The van der Waals surface area contributed by atoms with Crippen molar-refractivity contribution in [3.63, 3.8) is 0 Å². The lowest BCUT2D eigenvalue weighted by Crippen LogP contribution is -1.64. The molecule has 0 radical (unpaired) electrons. The maximum absolute atomic E-state index is 3.86. The largest absolute Gasteiger partial charge is 0.200 e. The van der Waals surface area contributed by atoms with Gasteiger partial charge in [0, 0.05) is 10.4 Å². The molecule has 0 spiro atoms. The number of rotatable bonds is 0. The Labute approximate surface area is 26.9 Å². The summed E-state index contributed by atoms with van der Waals surface area (Å²) in [6.07, 6.45) is 0. The molecule has 5 nitrogen and oxygen atoms in total. The van der Waals surface area contributed by atoms with E-state index in [0.29, 0.717) is 0 Å². The van der Waals surface area contributed by atoms with Gasteiger partial charge in [0.15, 0.2) is 0 Å². The lowest BCUT2D eigenvalue weighted by molar-refractivity contribution is 0.284. The zero-order valence-electron chi connectivity index (χ0n) is 2.20. The van der Waals surface area contributed by atoms with Gasteiger partial charge in [0.25, 0.3) is 0 Å². The third kappa shape index (κ3) is 0.188. The van der Waals surface area contributed by atoms with Crippen LogP contribution in [0.2, 0.25) is 0 Å². The van der Waals surface area contributed by atoms with Crippen molar-refractivity contribution in [3.8, 4) is 0 Å². The molecule has 0 aliphatic heterocycles. The monoisotopic (exact) mass is 72.0 g/mol. The lowest BCUT2D eigenvalue weighted by Gasteiger charge is -1.36. The smallest absolute Gasteiger partial charge is 0.0826 e. The van der Waals surface area contributed by atoms with Crippen molar-refractivity contribution < 1.29 is 4.63 Å². The molecule has 5 heteroatoms. The summed E-state index contributed by atoms with van der Waals surface area (Å²) in [5, 5.41) is 11.6. The highest BCUT2D eigenvalue weighted by Crippen LogP contribution is 1.43. The van der Waals surface area contributed by atoms with E-state index in [1.807, 2.05) is 0 Å². The van der Waals surface area contributed by atoms with Crippen molar-refractivity contribution in [1.82, 2.24) is 21.0 Å². The summed E-state index contributed by atoms with van der Waals surface area (Å²) in [6.45, 7) is 0. The Kier molecular flexibility index (Phi) is 0.338. The van der Waals surface area contributed by atoms with Gasteiger partial charge in [0.1, 0.15) is 0 Å². The zero-order chi connectivity index (χ0) is 3.54. The van der Waals surface area contributed by atoms with Gasteiger partial charge in [-0.25, -0.2) is 4.63 Å². The van der Waals surface area contributed by atoms with Gasteiger partial charge in [0.2, 0.25) is 0 Å². The number of aromatic nitrogens is 4. The molecule has 0 unspecified atom stereocenters. The first-order valence-corrected chi connectivity index (χ1v) is 0.965. The minimum atomic E-state index is 2.88. The van der Waals surface area contributed by atoms with Crippen LogP contribution in [-0.2, 0) is 0 Å². The number of nitrogens with zero attached hydrogens (tertiary/aromatic N) is 4. The zero-order valence-corrected chi connectivity index (χ0v) is 2.20. The quantitative estimate of drug-likeness (QED) is 0.387. The first-order chi connectivity index (χ1) is 2.50. The molecule has 1 aromatic rings. The van der Waals surface area contributed by atoms with Crippen molar-refractivity contribution in [3.05, 3.63) is 0 Å². The molecule has 0 aromatic carbocycles. The van der Waals surface area contributed by atoms with Gasteiger partial charge in [-0.3, -0.25) is 0 Å². The first kappa shape index (κ1) is 2.25.